The maximum Gasteiger partial charge on any atom is 0.335 e. The molecule has 0 radical (unpaired) electrons. The fourth-order valence-corrected chi connectivity index (χ4v) is 1.85. The summed E-state index contributed by atoms with van der Waals surface area (Å²) in [7, 11) is 1.78. The number of hydrogen-bond donors (Lipinski definition) is 1. The van der Waals surface area contributed by atoms with E-state index in [1.165, 1.54) is 12.1 Å². The predicted octanol–water partition coefficient (Wildman–Crippen LogP) is 1.69. The molecule has 5 heteroatoms. The predicted molar refractivity (Wildman–Crippen MR) is 69.4 cm³/mol. The molecule has 2 rings (SSSR count). The fraction of sp³-hybridized carbons (Fsp3) is 0.429. The summed E-state index contributed by atoms with van der Waals surface area (Å²) >= 11 is 0. The van der Waals surface area contributed by atoms with Gasteiger partial charge in [0.05, 0.1) is 5.56 Å². The summed E-state index contributed by atoms with van der Waals surface area (Å²) in [4.78, 5) is 24.3. The molecule has 5 nitrogen and oxygen atoms in total. The molecule has 0 unspecified atom stereocenters. The lowest BCUT2D eigenvalue weighted by molar-refractivity contribution is -0.132. The van der Waals surface area contributed by atoms with E-state index in [1.807, 2.05) is 0 Å². The van der Waals surface area contributed by atoms with E-state index < -0.39 is 5.97 Å². The SMILES string of the molecule is Cc1cc(C(=O)O)ccc1OCC(=O)N(C)C1CC1. The van der Waals surface area contributed by atoms with E-state index in [1.54, 1.807) is 24.9 Å². The van der Waals surface area contributed by atoms with E-state index in [0.717, 1.165) is 12.8 Å². The van der Waals surface area contributed by atoms with Crippen molar-refractivity contribution in [3.8, 4) is 5.75 Å². The Hall–Kier alpha value is -2.04. The molecule has 0 aromatic heterocycles. The van der Waals surface area contributed by atoms with Crippen molar-refractivity contribution in [3.05, 3.63) is 29.3 Å². The number of amides is 1. The Bertz CT molecular complexity index is 508. The van der Waals surface area contributed by atoms with Crippen LogP contribution >= 0.6 is 0 Å². The summed E-state index contributed by atoms with van der Waals surface area (Å²) in [6.45, 7) is 1.75. The number of hydrogen-bond acceptors (Lipinski definition) is 3. The zero-order valence-electron chi connectivity index (χ0n) is 11.0. The number of ether oxygens (including phenoxy) is 1. The second-order valence-electron chi connectivity index (χ2n) is 4.81. The number of rotatable bonds is 5. The molecule has 1 fully saturated rings. The highest BCUT2D eigenvalue weighted by molar-refractivity contribution is 5.88. The van der Waals surface area contributed by atoms with Crippen LogP contribution in [0.3, 0.4) is 0 Å². The molecule has 1 aromatic carbocycles. The lowest BCUT2D eigenvalue weighted by atomic mass is 10.1. The van der Waals surface area contributed by atoms with Gasteiger partial charge in [0.15, 0.2) is 6.61 Å². The summed E-state index contributed by atoms with van der Waals surface area (Å²) in [5, 5.41) is 8.86. The highest BCUT2D eigenvalue weighted by Crippen LogP contribution is 2.25. The number of carbonyl (C=O) groups is 2. The number of aromatic carboxylic acids is 1. The van der Waals surface area contributed by atoms with Gasteiger partial charge in [-0.15, -0.1) is 0 Å². The number of carboxylic acids is 1. The van der Waals surface area contributed by atoms with Gasteiger partial charge in [0.1, 0.15) is 5.75 Å². The number of nitrogens with zero attached hydrogens (tertiary/aromatic N) is 1. The zero-order chi connectivity index (χ0) is 14.0. The second kappa shape index (κ2) is 5.30. The summed E-state index contributed by atoms with van der Waals surface area (Å²) in [6.07, 6.45) is 2.13. The minimum atomic E-state index is -0.973. The van der Waals surface area contributed by atoms with Gasteiger partial charge in [0, 0.05) is 13.1 Å². The van der Waals surface area contributed by atoms with Crippen LogP contribution in [0.1, 0.15) is 28.8 Å². The number of benzene rings is 1. The van der Waals surface area contributed by atoms with Crippen molar-refractivity contribution in [1.29, 1.82) is 0 Å². The molecule has 1 aliphatic carbocycles. The van der Waals surface area contributed by atoms with Crippen molar-refractivity contribution in [2.75, 3.05) is 13.7 Å². The smallest absolute Gasteiger partial charge is 0.335 e. The molecule has 19 heavy (non-hydrogen) atoms. The molecule has 1 aromatic rings. The van der Waals surface area contributed by atoms with E-state index >= 15 is 0 Å². The molecular formula is C14H17NO4. The second-order valence-corrected chi connectivity index (χ2v) is 4.81. The van der Waals surface area contributed by atoms with Crippen molar-refractivity contribution in [3.63, 3.8) is 0 Å². The third-order valence-corrected chi connectivity index (χ3v) is 3.26. The van der Waals surface area contributed by atoms with Crippen LogP contribution in [0.5, 0.6) is 5.75 Å². The van der Waals surface area contributed by atoms with E-state index in [0.29, 0.717) is 17.4 Å². The minimum Gasteiger partial charge on any atom is -0.483 e. The largest absolute Gasteiger partial charge is 0.483 e. The maximum absolute atomic E-state index is 11.8. The first-order chi connectivity index (χ1) is 8.99. The summed E-state index contributed by atoms with van der Waals surface area (Å²) in [5.74, 6) is -0.481. The highest BCUT2D eigenvalue weighted by Gasteiger charge is 2.29. The van der Waals surface area contributed by atoms with Crippen LogP contribution in [0.15, 0.2) is 18.2 Å². The van der Waals surface area contributed by atoms with Crippen molar-refractivity contribution < 1.29 is 19.4 Å². The van der Waals surface area contributed by atoms with Crippen LogP contribution in [0.4, 0.5) is 0 Å². The molecule has 1 aliphatic rings. The Kier molecular flexibility index (Phi) is 3.74. The molecule has 0 bridgehead atoms. The van der Waals surface area contributed by atoms with Gasteiger partial charge in [-0.3, -0.25) is 4.79 Å². The third kappa shape index (κ3) is 3.24. The highest BCUT2D eigenvalue weighted by atomic mass is 16.5. The Morgan fingerprint density at radius 2 is 2.11 bits per heavy atom. The first kappa shape index (κ1) is 13.4. The maximum atomic E-state index is 11.8. The Morgan fingerprint density at radius 1 is 1.42 bits per heavy atom. The molecule has 0 aliphatic heterocycles. The molecule has 102 valence electrons. The Balaban J connectivity index is 1.95. The Morgan fingerprint density at radius 3 is 2.63 bits per heavy atom. The molecule has 0 saturated heterocycles. The van der Waals surface area contributed by atoms with Crippen LogP contribution in [0, 0.1) is 6.92 Å². The number of likely N-dealkylation sites (N-methyl/N-ethyl adjacent to an activating group) is 1. The van der Waals surface area contributed by atoms with Gasteiger partial charge in [-0.1, -0.05) is 0 Å². The average Bonchev–Trinajstić information content (AvgIpc) is 3.20. The van der Waals surface area contributed by atoms with Crippen LogP contribution in [0.2, 0.25) is 0 Å². The molecule has 0 spiro atoms. The number of carboxylic acid groups (broad SMARTS) is 1. The van der Waals surface area contributed by atoms with Crippen molar-refractivity contribution in [2.24, 2.45) is 0 Å². The fourth-order valence-electron chi connectivity index (χ4n) is 1.85. The van der Waals surface area contributed by atoms with Gasteiger partial charge in [0.25, 0.3) is 5.91 Å². The Labute approximate surface area is 111 Å². The first-order valence-corrected chi connectivity index (χ1v) is 6.21. The van der Waals surface area contributed by atoms with Gasteiger partial charge in [0.2, 0.25) is 0 Å². The lowest BCUT2D eigenvalue weighted by Crippen LogP contribution is -2.33. The van der Waals surface area contributed by atoms with Gasteiger partial charge < -0.3 is 14.7 Å². The summed E-state index contributed by atoms with van der Waals surface area (Å²) in [6, 6.07) is 4.96. The lowest BCUT2D eigenvalue weighted by Gasteiger charge is -2.17. The monoisotopic (exact) mass is 263 g/mol. The van der Waals surface area contributed by atoms with E-state index in [4.69, 9.17) is 9.84 Å². The summed E-state index contributed by atoms with van der Waals surface area (Å²) in [5.41, 5.74) is 0.924. The molecular weight excluding hydrogens is 246 g/mol. The number of carbonyl (C=O) groups excluding carboxylic acids is 1. The van der Waals surface area contributed by atoms with Crippen LogP contribution in [-0.2, 0) is 4.79 Å². The normalized spacial score (nSPS) is 14.0. The standard InChI is InChI=1S/C14H17NO4/c1-9-7-10(14(17)18)3-6-12(9)19-8-13(16)15(2)11-4-5-11/h3,6-7,11H,4-5,8H2,1-2H3,(H,17,18). The molecule has 0 heterocycles. The van der Waals surface area contributed by atoms with Crippen molar-refractivity contribution in [2.45, 2.75) is 25.8 Å². The zero-order valence-corrected chi connectivity index (χ0v) is 11.0. The molecule has 0 atom stereocenters. The topological polar surface area (TPSA) is 66.8 Å². The van der Waals surface area contributed by atoms with Crippen molar-refractivity contribution in [1.82, 2.24) is 4.90 Å². The van der Waals surface area contributed by atoms with E-state index in [9.17, 15) is 9.59 Å². The molecule has 1 N–H and O–H groups in total. The first-order valence-electron chi connectivity index (χ1n) is 6.21. The molecule has 1 saturated carbocycles. The van der Waals surface area contributed by atoms with Crippen LogP contribution < -0.4 is 4.74 Å². The van der Waals surface area contributed by atoms with Gasteiger partial charge in [-0.2, -0.15) is 0 Å². The minimum absolute atomic E-state index is 0.0136. The third-order valence-electron chi connectivity index (χ3n) is 3.26. The summed E-state index contributed by atoms with van der Waals surface area (Å²) < 4.78 is 5.45. The van der Waals surface area contributed by atoms with Gasteiger partial charge >= 0.3 is 5.97 Å². The van der Waals surface area contributed by atoms with E-state index in [2.05, 4.69) is 0 Å². The average molecular weight is 263 g/mol. The van der Waals surface area contributed by atoms with Crippen molar-refractivity contribution >= 4 is 11.9 Å². The molecule has 1 amide bonds. The van der Waals surface area contributed by atoms with E-state index in [-0.39, 0.29) is 18.1 Å². The van der Waals surface area contributed by atoms with Gasteiger partial charge in [-0.25, -0.2) is 4.79 Å². The van der Waals surface area contributed by atoms with Crippen LogP contribution in [0.25, 0.3) is 0 Å². The van der Waals surface area contributed by atoms with Gasteiger partial charge in [-0.05, 0) is 43.5 Å². The van der Waals surface area contributed by atoms with Crippen LogP contribution in [-0.4, -0.2) is 41.6 Å². The quantitative estimate of drug-likeness (QED) is 0.878. The number of aryl methyl sites for hydroxylation is 1.